The Kier molecular flexibility index (Phi) is 11.2. The maximum Gasteiger partial charge on any atom is 0.203 e. The fourth-order valence-electron chi connectivity index (χ4n) is 4.85. The number of carbonyl (C=O) groups excluding carboxylic acids is 1. The van der Waals surface area contributed by atoms with E-state index in [0.29, 0.717) is 47.8 Å². The monoisotopic (exact) mass is 634 g/mol. The molecule has 43 heavy (non-hydrogen) atoms. The molecule has 0 spiro atoms. The lowest BCUT2D eigenvalue weighted by atomic mass is 10.0. The van der Waals surface area contributed by atoms with Crippen LogP contribution in [-0.2, 0) is 19.4 Å². The number of methoxy groups -OCH3 is 3. The molecular formula is C30H38N2O9S2. The highest BCUT2D eigenvalue weighted by Gasteiger charge is 2.33. The first kappa shape index (κ1) is 32.5. The molecule has 1 aromatic heterocycles. The number of benzene rings is 2. The largest absolute Gasteiger partial charge is 0.493 e. The summed E-state index contributed by atoms with van der Waals surface area (Å²) in [7, 11) is 0.624. The van der Waals surface area contributed by atoms with Crippen molar-refractivity contribution in [2.24, 2.45) is 0 Å². The molecule has 2 heterocycles. The van der Waals surface area contributed by atoms with Crippen molar-refractivity contribution in [3.8, 4) is 28.7 Å². The maximum absolute atomic E-state index is 13.5. The first-order chi connectivity index (χ1) is 20.7. The van der Waals surface area contributed by atoms with Crippen molar-refractivity contribution in [3.63, 3.8) is 0 Å². The Labute approximate surface area is 256 Å². The van der Waals surface area contributed by atoms with E-state index in [1.165, 1.54) is 18.7 Å². The average molecular weight is 635 g/mol. The molecule has 4 rings (SSSR count). The molecule has 2 atom stereocenters. The molecule has 1 fully saturated rings. The second-order valence-corrected chi connectivity index (χ2v) is 12.9. The van der Waals surface area contributed by atoms with Crippen LogP contribution in [0.4, 0.5) is 0 Å². The van der Waals surface area contributed by atoms with Crippen molar-refractivity contribution in [2.45, 2.75) is 55.4 Å². The van der Waals surface area contributed by atoms with Crippen molar-refractivity contribution >= 4 is 27.4 Å². The fourth-order valence-corrected chi connectivity index (χ4v) is 6.94. The van der Waals surface area contributed by atoms with Crippen LogP contribution in [0.25, 0.3) is 0 Å². The van der Waals surface area contributed by atoms with E-state index in [9.17, 15) is 13.2 Å². The van der Waals surface area contributed by atoms with Gasteiger partial charge < -0.3 is 33.4 Å². The molecule has 0 bridgehead atoms. The zero-order valence-electron chi connectivity index (χ0n) is 25.0. The minimum atomic E-state index is -4.03. The van der Waals surface area contributed by atoms with Crippen LogP contribution in [0, 0.1) is 0 Å². The van der Waals surface area contributed by atoms with Crippen molar-refractivity contribution in [1.82, 2.24) is 9.97 Å². The number of ether oxygens (including phenoxy) is 6. The van der Waals surface area contributed by atoms with E-state index in [4.69, 9.17) is 28.4 Å². The number of imidazole rings is 1. The number of aromatic nitrogens is 2. The van der Waals surface area contributed by atoms with Gasteiger partial charge in [0.25, 0.3) is 0 Å². The third kappa shape index (κ3) is 7.95. The SMILES string of the molecule is CCCOc1c(OCCSc2ncc[nH]2)cc(C2CCC(c3cc(OC)c(OC)c(OC)c3)O2)cc1S(=O)(=O)CC(C)=O. The van der Waals surface area contributed by atoms with Crippen LogP contribution in [0.3, 0.4) is 0 Å². The molecular weight excluding hydrogens is 596 g/mol. The first-order valence-electron chi connectivity index (χ1n) is 13.9. The number of ketones is 1. The summed E-state index contributed by atoms with van der Waals surface area (Å²) < 4.78 is 62.0. The molecule has 1 N–H and O–H groups in total. The van der Waals surface area contributed by atoms with E-state index < -0.39 is 27.5 Å². The zero-order valence-corrected chi connectivity index (χ0v) is 26.6. The minimum absolute atomic E-state index is 0.0813. The topological polar surface area (TPSA) is 135 Å². The van der Waals surface area contributed by atoms with Gasteiger partial charge in [-0.1, -0.05) is 18.7 Å². The van der Waals surface area contributed by atoms with Gasteiger partial charge in [0.15, 0.2) is 38.0 Å². The number of Topliss-reactive ketones (excluding diaryl/α,β-unsaturated/α-hetero) is 1. The molecule has 0 amide bonds. The highest BCUT2D eigenvalue weighted by Crippen LogP contribution is 2.48. The number of hydrogen-bond donors (Lipinski definition) is 1. The Balaban J connectivity index is 1.68. The second kappa shape index (κ2) is 14.8. The summed E-state index contributed by atoms with van der Waals surface area (Å²) in [5.74, 6) is 1.35. The van der Waals surface area contributed by atoms with Gasteiger partial charge in [0.1, 0.15) is 16.4 Å². The standard InChI is InChI=1S/C30H38N2O9S2/c1-6-11-40-29-26(39-12-13-42-30-31-9-10-32-30)16-21(17-27(29)43(34,35)18-19(2)33)23-8-7-22(41-23)20-14-24(36-3)28(38-5)25(15-20)37-4/h9-10,14-17,22-23H,6-8,11-13,18H2,1-5H3,(H,31,32). The number of aromatic amines is 1. The van der Waals surface area contributed by atoms with Gasteiger partial charge in [-0.05, 0) is 61.6 Å². The number of rotatable bonds is 16. The van der Waals surface area contributed by atoms with Crippen LogP contribution in [0.1, 0.15) is 56.4 Å². The number of thioether (sulfide) groups is 1. The first-order valence-corrected chi connectivity index (χ1v) is 16.6. The van der Waals surface area contributed by atoms with Gasteiger partial charge >= 0.3 is 0 Å². The van der Waals surface area contributed by atoms with Crippen LogP contribution >= 0.6 is 11.8 Å². The lowest BCUT2D eigenvalue weighted by Crippen LogP contribution is -2.17. The average Bonchev–Trinajstić information content (AvgIpc) is 3.70. The Hall–Kier alpha value is -3.42. The van der Waals surface area contributed by atoms with E-state index in [2.05, 4.69) is 9.97 Å². The molecule has 1 saturated heterocycles. The summed E-state index contributed by atoms with van der Waals surface area (Å²) in [5.41, 5.74) is 1.46. The van der Waals surface area contributed by atoms with E-state index in [1.54, 1.807) is 45.9 Å². The van der Waals surface area contributed by atoms with Crippen LogP contribution in [0.2, 0.25) is 0 Å². The molecule has 0 radical (unpaired) electrons. The molecule has 1 aliphatic rings. The molecule has 234 valence electrons. The van der Waals surface area contributed by atoms with Crippen molar-refractivity contribution in [1.29, 1.82) is 0 Å². The molecule has 1 aliphatic heterocycles. The summed E-state index contributed by atoms with van der Waals surface area (Å²) in [6.07, 6.45) is 4.62. The normalized spacial score (nSPS) is 16.6. The molecule has 2 unspecified atom stereocenters. The van der Waals surface area contributed by atoms with Crippen LogP contribution < -0.4 is 23.7 Å². The Morgan fingerprint density at radius 1 is 0.953 bits per heavy atom. The van der Waals surface area contributed by atoms with Gasteiger partial charge in [0.2, 0.25) is 5.75 Å². The van der Waals surface area contributed by atoms with Gasteiger partial charge in [-0.2, -0.15) is 0 Å². The van der Waals surface area contributed by atoms with Gasteiger partial charge in [-0.3, -0.25) is 4.79 Å². The van der Waals surface area contributed by atoms with Crippen LogP contribution in [-0.4, -0.2) is 70.2 Å². The number of nitrogens with zero attached hydrogens (tertiary/aromatic N) is 1. The molecule has 13 heteroatoms. The maximum atomic E-state index is 13.5. The Morgan fingerprint density at radius 2 is 1.60 bits per heavy atom. The molecule has 2 aromatic carbocycles. The van der Waals surface area contributed by atoms with Crippen molar-refractivity contribution in [3.05, 3.63) is 47.8 Å². The number of sulfone groups is 1. The predicted octanol–water partition coefficient (Wildman–Crippen LogP) is 5.35. The van der Waals surface area contributed by atoms with E-state index >= 15 is 0 Å². The molecule has 3 aromatic rings. The van der Waals surface area contributed by atoms with Crippen molar-refractivity contribution < 1.29 is 41.6 Å². The summed E-state index contributed by atoms with van der Waals surface area (Å²) in [6, 6.07) is 7.03. The highest BCUT2D eigenvalue weighted by molar-refractivity contribution is 7.99. The van der Waals surface area contributed by atoms with Gasteiger partial charge in [0.05, 0.1) is 46.8 Å². The summed E-state index contributed by atoms with van der Waals surface area (Å²) in [5, 5.41) is 0.752. The van der Waals surface area contributed by atoms with E-state index in [-0.39, 0.29) is 35.7 Å². The third-order valence-corrected chi connectivity index (χ3v) is 9.35. The molecule has 0 aliphatic carbocycles. The van der Waals surface area contributed by atoms with Gasteiger partial charge in [0, 0.05) is 18.1 Å². The number of carbonyl (C=O) groups is 1. The number of H-pyrrole nitrogens is 1. The van der Waals surface area contributed by atoms with E-state index in [0.717, 1.165) is 10.7 Å². The Bertz CT molecular complexity index is 1470. The highest BCUT2D eigenvalue weighted by atomic mass is 32.2. The molecule has 11 nitrogen and oxygen atoms in total. The van der Waals surface area contributed by atoms with Crippen molar-refractivity contribution in [2.75, 3.05) is 46.0 Å². The third-order valence-electron chi connectivity index (χ3n) is 6.72. The van der Waals surface area contributed by atoms with Gasteiger partial charge in [-0.25, -0.2) is 13.4 Å². The number of hydrogen-bond acceptors (Lipinski definition) is 11. The predicted molar refractivity (Wildman–Crippen MR) is 162 cm³/mol. The molecule has 0 saturated carbocycles. The second-order valence-electron chi connectivity index (χ2n) is 9.90. The lowest BCUT2D eigenvalue weighted by molar-refractivity contribution is -0.114. The number of nitrogens with one attached hydrogen (secondary N) is 1. The lowest BCUT2D eigenvalue weighted by Gasteiger charge is -2.21. The minimum Gasteiger partial charge on any atom is -0.493 e. The summed E-state index contributed by atoms with van der Waals surface area (Å²) in [6.45, 7) is 3.72. The summed E-state index contributed by atoms with van der Waals surface area (Å²) >= 11 is 1.47. The van der Waals surface area contributed by atoms with Crippen LogP contribution in [0.5, 0.6) is 28.7 Å². The summed E-state index contributed by atoms with van der Waals surface area (Å²) in [4.78, 5) is 19.1. The quantitative estimate of drug-likeness (QED) is 0.161. The van der Waals surface area contributed by atoms with Gasteiger partial charge in [-0.15, -0.1) is 0 Å². The Morgan fingerprint density at radius 3 is 2.16 bits per heavy atom. The van der Waals surface area contributed by atoms with Crippen LogP contribution in [0.15, 0.2) is 46.7 Å². The zero-order chi connectivity index (χ0) is 31.0. The van der Waals surface area contributed by atoms with E-state index in [1.807, 2.05) is 19.1 Å². The fraction of sp³-hybridized carbons (Fsp3) is 0.467. The smallest absolute Gasteiger partial charge is 0.203 e.